The molecule has 0 aliphatic carbocycles. The molecular formula is C28H34O10. The van der Waals surface area contributed by atoms with Gasteiger partial charge in [-0.3, -0.25) is 0 Å². The largest absolute Gasteiger partial charge is 0.496 e. The van der Waals surface area contributed by atoms with Crippen molar-refractivity contribution in [2.45, 2.75) is 13.8 Å². The summed E-state index contributed by atoms with van der Waals surface area (Å²) in [5, 5.41) is 0. The summed E-state index contributed by atoms with van der Waals surface area (Å²) in [7, 11) is 8.90. The van der Waals surface area contributed by atoms with E-state index in [2.05, 4.69) is 0 Å². The molecule has 10 heteroatoms. The van der Waals surface area contributed by atoms with Gasteiger partial charge in [-0.25, -0.2) is 9.59 Å². The van der Waals surface area contributed by atoms with Crippen LogP contribution in [0.1, 0.15) is 25.0 Å². The molecule has 0 unspecified atom stereocenters. The minimum absolute atomic E-state index is 0.0762. The maximum absolute atomic E-state index is 13.2. The highest BCUT2D eigenvalue weighted by Gasteiger charge is 2.26. The first-order valence-corrected chi connectivity index (χ1v) is 11.7. The van der Waals surface area contributed by atoms with E-state index in [4.69, 9.17) is 37.9 Å². The number of esters is 2. The van der Waals surface area contributed by atoms with E-state index >= 15 is 0 Å². The fraction of sp³-hybridized carbons (Fsp3) is 0.357. The molecule has 0 heterocycles. The van der Waals surface area contributed by atoms with Crippen molar-refractivity contribution in [3.05, 3.63) is 46.5 Å². The molecule has 0 N–H and O–H groups in total. The third-order valence-electron chi connectivity index (χ3n) is 5.35. The van der Waals surface area contributed by atoms with Crippen molar-refractivity contribution in [2.24, 2.45) is 0 Å². The summed E-state index contributed by atoms with van der Waals surface area (Å²) in [6.45, 7) is 3.49. The van der Waals surface area contributed by atoms with Gasteiger partial charge < -0.3 is 37.9 Å². The van der Waals surface area contributed by atoms with Gasteiger partial charge in [-0.05, 0) is 38.1 Å². The van der Waals surface area contributed by atoms with Crippen molar-refractivity contribution in [2.75, 3.05) is 55.9 Å². The van der Waals surface area contributed by atoms with Gasteiger partial charge in [0.15, 0.2) is 23.0 Å². The van der Waals surface area contributed by atoms with Crippen LogP contribution in [0.15, 0.2) is 35.4 Å². The fourth-order valence-electron chi connectivity index (χ4n) is 3.55. The molecule has 0 bridgehead atoms. The maximum Gasteiger partial charge on any atom is 0.339 e. The molecule has 0 spiro atoms. The molecule has 0 aromatic heterocycles. The molecule has 0 atom stereocenters. The van der Waals surface area contributed by atoms with Crippen LogP contribution in [0.2, 0.25) is 0 Å². The molecule has 2 rings (SSSR count). The Morgan fingerprint density at radius 2 is 0.816 bits per heavy atom. The number of rotatable bonds is 13. The summed E-state index contributed by atoms with van der Waals surface area (Å²) in [5.41, 5.74) is 0.714. The molecule has 0 saturated carbocycles. The number of hydrogen-bond acceptors (Lipinski definition) is 10. The van der Waals surface area contributed by atoms with Gasteiger partial charge in [0.2, 0.25) is 0 Å². The van der Waals surface area contributed by atoms with Gasteiger partial charge in [0, 0.05) is 23.3 Å². The van der Waals surface area contributed by atoms with E-state index in [9.17, 15) is 9.59 Å². The number of carbonyl (C=O) groups excluding carboxylic acids is 2. The molecule has 0 radical (unpaired) electrons. The van der Waals surface area contributed by atoms with E-state index in [-0.39, 0.29) is 24.4 Å². The topological polar surface area (TPSA) is 108 Å². The second-order valence-electron chi connectivity index (χ2n) is 7.46. The molecule has 2 aromatic carbocycles. The maximum atomic E-state index is 13.2. The first-order chi connectivity index (χ1) is 18.3. The molecule has 38 heavy (non-hydrogen) atoms. The summed E-state index contributed by atoms with van der Waals surface area (Å²) in [6, 6.07) is 6.46. The molecule has 0 aliphatic rings. The minimum atomic E-state index is -0.747. The molecule has 0 amide bonds. The van der Waals surface area contributed by atoms with Crippen molar-refractivity contribution >= 4 is 24.1 Å². The number of benzene rings is 2. The predicted molar refractivity (Wildman–Crippen MR) is 141 cm³/mol. The third-order valence-corrected chi connectivity index (χ3v) is 5.35. The Hall–Kier alpha value is -4.34. The van der Waals surface area contributed by atoms with E-state index in [1.54, 1.807) is 38.1 Å². The Kier molecular flexibility index (Phi) is 11.3. The van der Waals surface area contributed by atoms with Gasteiger partial charge in [0.1, 0.15) is 11.5 Å². The lowest BCUT2D eigenvalue weighted by molar-refractivity contribution is -0.141. The van der Waals surface area contributed by atoms with Gasteiger partial charge in [0.25, 0.3) is 0 Å². The molecule has 0 aliphatic heterocycles. The van der Waals surface area contributed by atoms with Crippen molar-refractivity contribution in [3.8, 4) is 34.5 Å². The van der Waals surface area contributed by atoms with Crippen molar-refractivity contribution in [3.63, 3.8) is 0 Å². The van der Waals surface area contributed by atoms with E-state index in [1.165, 1.54) is 54.8 Å². The fourth-order valence-corrected chi connectivity index (χ4v) is 3.55. The molecule has 206 valence electrons. The Bertz CT molecular complexity index is 1100. The summed E-state index contributed by atoms with van der Waals surface area (Å²) < 4.78 is 43.2. The average Bonchev–Trinajstić information content (AvgIpc) is 2.93. The number of ether oxygens (including phenoxy) is 8. The van der Waals surface area contributed by atoms with Crippen LogP contribution in [0.3, 0.4) is 0 Å². The van der Waals surface area contributed by atoms with Crippen molar-refractivity contribution in [1.29, 1.82) is 0 Å². The quantitative estimate of drug-likeness (QED) is 0.211. The van der Waals surface area contributed by atoms with Gasteiger partial charge >= 0.3 is 11.9 Å². The predicted octanol–water partition coefficient (Wildman–Crippen LogP) is 4.33. The molecule has 2 aromatic rings. The van der Waals surface area contributed by atoms with Gasteiger partial charge in [-0.2, -0.15) is 0 Å². The monoisotopic (exact) mass is 530 g/mol. The minimum Gasteiger partial charge on any atom is -0.496 e. The second kappa shape index (κ2) is 14.4. The lowest BCUT2D eigenvalue weighted by Gasteiger charge is -2.16. The van der Waals surface area contributed by atoms with Crippen LogP contribution in [0.4, 0.5) is 0 Å². The molecule has 10 nitrogen and oxygen atoms in total. The number of methoxy groups -OCH3 is 6. The molecular weight excluding hydrogens is 496 g/mol. The zero-order chi connectivity index (χ0) is 28.2. The summed E-state index contributed by atoms with van der Waals surface area (Å²) in [6.07, 6.45) is 2.93. The number of hydrogen-bond donors (Lipinski definition) is 0. The van der Waals surface area contributed by atoms with Crippen LogP contribution in [0.5, 0.6) is 34.5 Å². The van der Waals surface area contributed by atoms with Crippen LogP contribution >= 0.6 is 0 Å². The Balaban J connectivity index is 2.92. The number of carbonyl (C=O) groups is 2. The Morgan fingerprint density at radius 3 is 1.08 bits per heavy atom. The van der Waals surface area contributed by atoms with Crippen molar-refractivity contribution in [1.82, 2.24) is 0 Å². The van der Waals surface area contributed by atoms with E-state index in [0.717, 1.165) is 0 Å². The molecule has 0 fully saturated rings. The van der Waals surface area contributed by atoms with Gasteiger partial charge in [-0.15, -0.1) is 0 Å². The van der Waals surface area contributed by atoms with E-state index < -0.39 is 11.9 Å². The summed E-state index contributed by atoms with van der Waals surface area (Å²) in [4.78, 5) is 26.5. The highest BCUT2D eigenvalue weighted by Crippen LogP contribution is 2.38. The normalized spacial score (nSPS) is 11.4. The smallest absolute Gasteiger partial charge is 0.339 e. The van der Waals surface area contributed by atoms with Gasteiger partial charge in [0.05, 0.1) is 67.0 Å². The highest BCUT2D eigenvalue weighted by atomic mass is 16.5. The van der Waals surface area contributed by atoms with Gasteiger partial charge in [-0.1, -0.05) is 0 Å². The summed E-state index contributed by atoms with van der Waals surface area (Å²) in [5.74, 6) is 0.890. The first-order valence-electron chi connectivity index (χ1n) is 11.7. The summed E-state index contributed by atoms with van der Waals surface area (Å²) >= 11 is 0. The van der Waals surface area contributed by atoms with Crippen LogP contribution in [0, 0.1) is 0 Å². The first kappa shape index (κ1) is 29.9. The van der Waals surface area contributed by atoms with Crippen molar-refractivity contribution < 1.29 is 47.5 Å². The van der Waals surface area contributed by atoms with E-state index in [0.29, 0.717) is 45.6 Å². The lowest BCUT2D eigenvalue weighted by Crippen LogP contribution is -2.17. The third kappa shape index (κ3) is 6.90. The second-order valence-corrected chi connectivity index (χ2v) is 7.46. The zero-order valence-corrected chi connectivity index (χ0v) is 23.0. The highest BCUT2D eigenvalue weighted by molar-refractivity contribution is 6.13. The SMILES string of the molecule is CCOC(=O)C(=C/c1cc(OC)c(OC)cc1OC)/C(=C\c1cc(OC)c(OC)cc1OC)C(=O)OCC. The zero-order valence-electron chi connectivity index (χ0n) is 23.0. The lowest BCUT2D eigenvalue weighted by atomic mass is 9.98. The van der Waals surface area contributed by atoms with Crippen LogP contribution in [-0.2, 0) is 19.1 Å². The standard InChI is InChI=1S/C28H34O10/c1-9-37-27(29)19(11-17-13-23(33-5)25(35-7)15-21(17)31-3)20(28(30)38-10-2)12-18-14-24(34-6)26(36-8)16-22(18)32-4/h11-16H,9-10H2,1-8H3/b19-11+,20-12+. The Morgan fingerprint density at radius 1 is 0.526 bits per heavy atom. The molecule has 0 saturated heterocycles. The average molecular weight is 531 g/mol. The van der Waals surface area contributed by atoms with Crippen LogP contribution in [-0.4, -0.2) is 67.8 Å². The van der Waals surface area contributed by atoms with Crippen LogP contribution < -0.4 is 28.4 Å². The Labute approximate surface area is 222 Å². The van der Waals surface area contributed by atoms with E-state index in [1.807, 2.05) is 0 Å². The van der Waals surface area contributed by atoms with Crippen LogP contribution in [0.25, 0.3) is 12.2 Å².